The highest BCUT2D eigenvalue weighted by Gasteiger charge is 2.17. The van der Waals surface area contributed by atoms with Crippen molar-refractivity contribution in [3.05, 3.63) is 0 Å². The normalized spacial score (nSPS) is 15.8. The van der Waals surface area contributed by atoms with Gasteiger partial charge in [-0.15, -0.1) is 0 Å². The molecule has 1 aliphatic carbocycles. The summed E-state index contributed by atoms with van der Waals surface area (Å²) in [6, 6.07) is 0. The molecular formula is C6H10ClO2-. The van der Waals surface area contributed by atoms with Crippen LogP contribution in [0.2, 0.25) is 0 Å². The number of hydrogen-bond acceptors (Lipinski definition) is 2. The van der Waals surface area contributed by atoms with E-state index in [4.69, 9.17) is 9.90 Å². The van der Waals surface area contributed by atoms with E-state index in [1.807, 2.05) is 0 Å². The van der Waals surface area contributed by atoms with E-state index < -0.39 is 5.43 Å². The summed E-state index contributed by atoms with van der Waals surface area (Å²) in [6.45, 7) is 2.26. The first kappa shape index (κ1) is 8.76. The Balaban J connectivity index is 0.000000148. The standard InChI is InChI=1S/C5H10.CHClO2/c1-2-5-3-4-5;2-1(3)4/h5H,2-4H2,1H3;(H,3,4)/p-1. The van der Waals surface area contributed by atoms with Crippen molar-refractivity contribution in [3.63, 3.8) is 0 Å². The average Bonchev–Trinajstić information content (AvgIpc) is 2.43. The molecule has 1 fully saturated rings. The SMILES string of the molecule is CCC1CC1.O=C([O-])Cl. The predicted molar refractivity (Wildman–Crippen MR) is 34.3 cm³/mol. The van der Waals surface area contributed by atoms with E-state index >= 15 is 0 Å². The van der Waals surface area contributed by atoms with E-state index in [1.165, 1.54) is 19.3 Å². The molecule has 2 nitrogen and oxygen atoms in total. The smallest absolute Gasteiger partial charge is 0.134 e. The number of carbonyl (C=O) groups excluding carboxylic acids is 1. The van der Waals surface area contributed by atoms with Crippen LogP contribution in [0.4, 0.5) is 4.79 Å². The van der Waals surface area contributed by atoms with Crippen LogP contribution in [0, 0.1) is 5.92 Å². The summed E-state index contributed by atoms with van der Waals surface area (Å²) in [5, 5.41) is 8.65. The minimum atomic E-state index is -1.61. The van der Waals surface area contributed by atoms with Gasteiger partial charge in [-0.25, -0.2) is 0 Å². The quantitative estimate of drug-likeness (QED) is 0.529. The molecule has 0 saturated heterocycles. The molecule has 0 radical (unpaired) electrons. The Bertz CT molecular complexity index is 85.1. The maximum atomic E-state index is 8.65. The summed E-state index contributed by atoms with van der Waals surface area (Å²) in [5.74, 6) is 1.13. The summed E-state index contributed by atoms with van der Waals surface area (Å²) >= 11 is 4.08. The molecular weight excluding hydrogens is 140 g/mol. The minimum Gasteiger partial charge on any atom is -0.534 e. The fourth-order valence-corrected chi connectivity index (χ4v) is 0.526. The molecule has 9 heavy (non-hydrogen) atoms. The van der Waals surface area contributed by atoms with Gasteiger partial charge in [-0.05, 0) is 5.92 Å². The van der Waals surface area contributed by atoms with Crippen LogP contribution in [0.25, 0.3) is 0 Å². The fraction of sp³-hybridized carbons (Fsp3) is 0.833. The van der Waals surface area contributed by atoms with E-state index in [9.17, 15) is 0 Å². The third kappa shape index (κ3) is 11.4. The maximum absolute atomic E-state index is 8.65. The van der Waals surface area contributed by atoms with Crippen LogP contribution in [0.1, 0.15) is 26.2 Å². The zero-order chi connectivity index (χ0) is 7.28. The Morgan fingerprint density at radius 1 is 1.78 bits per heavy atom. The molecule has 0 bridgehead atoms. The predicted octanol–water partition coefficient (Wildman–Crippen LogP) is 1.37. The maximum Gasteiger partial charge on any atom is 0.134 e. The van der Waals surface area contributed by atoms with E-state index in [0.717, 1.165) is 5.92 Å². The van der Waals surface area contributed by atoms with Gasteiger partial charge >= 0.3 is 0 Å². The molecule has 0 aliphatic heterocycles. The average molecular weight is 150 g/mol. The van der Waals surface area contributed by atoms with Gasteiger partial charge in [-0.2, -0.15) is 0 Å². The molecule has 0 aromatic carbocycles. The largest absolute Gasteiger partial charge is 0.534 e. The summed E-state index contributed by atoms with van der Waals surface area (Å²) in [6.07, 6.45) is 4.44. The van der Waals surface area contributed by atoms with Gasteiger partial charge in [0.25, 0.3) is 0 Å². The van der Waals surface area contributed by atoms with Crippen molar-refractivity contribution < 1.29 is 9.90 Å². The number of carboxylic acid groups (broad SMARTS) is 1. The van der Waals surface area contributed by atoms with Gasteiger partial charge < -0.3 is 9.90 Å². The zero-order valence-electron chi connectivity index (χ0n) is 5.39. The summed E-state index contributed by atoms with van der Waals surface area (Å²) < 4.78 is 0. The first-order chi connectivity index (χ1) is 4.16. The number of hydrogen-bond donors (Lipinski definition) is 0. The molecule has 0 atom stereocenters. The summed E-state index contributed by atoms with van der Waals surface area (Å²) in [5.41, 5.74) is -1.61. The molecule has 0 spiro atoms. The van der Waals surface area contributed by atoms with Crippen LogP contribution in [-0.2, 0) is 0 Å². The van der Waals surface area contributed by atoms with Crippen molar-refractivity contribution in [3.8, 4) is 0 Å². The topological polar surface area (TPSA) is 40.1 Å². The molecule has 1 rings (SSSR count). The second kappa shape index (κ2) is 4.62. The van der Waals surface area contributed by atoms with E-state index in [-0.39, 0.29) is 0 Å². The van der Waals surface area contributed by atoms with Gasteiger partial charge in [0.2, 0.25) is 0 Å². The van der Waals surface area contributed by atoms with Crippen LogP contribution in [0.5, 0.6) is 0 Å². The molecule has 54 valence electrons. The van der Waals surface area contributed by atoms with Crippen molar-refractivity contribution in [1.29, 1.82) is 0 Å². The molecule has 1 saturated carbocycles. The lowest BCUT2D eigenvalue weighted by atomic mass is 10.3. The van der Waals surface area contributed by atoms with Gasteiger partial charge in [0.15, 0.2) is 0 Å². The Labute approximate surface area is 59.8 Å². The van der Waals surface area contributed by atoms with Crippen LogP contribution in [0.15, 0.2) is 0 Å². The lowest BCUT2D eigenvalue weighted by Crippen LogP contribution is -2.11. The highest BCUT2D eigenvalue weighted by atomic mass is 35.5. The minimum absolute atomic E-state index is 1.13. The van der Waals surface area contributed by atoms with Crippen LogP contribution in [0.3, 0.4) is 0 Å². The van der Waals surface area contributed by atoms with Crippen LogP contribution in [-0.4, -0.2) is 5.43 Å². The molecule has 0 aromatic heterocycles. The van der Waals surface area contributed by atoms with Crippen molar-refractivity contribution in [2.45, 2.75) is 26.2 Å². The lowest BCUT2D eigenvalue weighted by molar-refractivity contribution is -0.233. The molecule has 0 N–H and O–H groups in total. The van der Waals surface area contributed by atoms with Gasteiger partial charge in [0.05, 0.1) is 0 Å². The number of halogens is 1. The molecule has 0 unspecified atom stereocenters. The highest BCUT2D eigenvalue weighted by molar-refractivity contribution is 6.59. The van der Waals surface area contributed by atoms with Crippen molar-refractivity contribution in [2.24, 2.45) is 5.92 Å². The second-order valence-electron chi connectivity index (χ2n) is 2.09. The molecule has 1 aliphatic rings. The number of rotatable bonds is 1. The fourth-order valence-electron chi connectivity index (χ4n) is 0.526. The van der Waals surface area contributed by atoms with Crippen molar-refractivity contribution >= 4 is 17.0 Å². The van der Waals surface area contributed by atoms with Gasteiger partial charge in [0.1, 0.15) is 5.43 Å². The summed E-state index contributed by atoms with van der Waals surface area (Å²) in [7, 11) is 0. The molecule has 3 heteroatoms. The molecule has 0 aromatic rings. The van der Waals surface area contributed by atoms with Crippen molar-refractivity contribution in [2.75, 3.05) is 0 Å². The van der Waals surface area contributed by atoms with Gasteiger partial charge in [0, 0.05) is 0 Å². The third-order valence-electron chi connectivity index (χ3n) is 1.27. The van der Waals surface area contributed by atoms with Crippen molar-refractivity contribution in [1.82, 2.24) is 0 Å². The van der Waals surface area contributed by atoms with Crippen LogP contribution >= 0.6 is 11.6 Å². The first-order valence-electron chi connectivity index (χ1n) is 3.03. The van der Waals surface area contributed by atoms with Gasteiger partial charge in [-0.3, -0.25) is 0 Å². The molecule has 0 amide bonds. The van der Waals surface area contributed by atoms with E-state index in [2.05, 4.69) is 18.5 Å². The second-order valence-corrected chi connectivity index (χ2v) is 2.40. The Hall–Kier alpha value is -0.240. The van der Waals surface area contributed by atoms with Gasteiger partial charge in [-0.1, -0.05) is 37.8 Å². The summed E-state index contributed by atoms with van der Waals surface area (Å²) in [4.78, 5) is 8.65. The zero-order valence-corrected chi connectivity index (χ0v) is 6.15. The number of carbonyl (C=O) groups is 1. The first-order valence-corrected chi connectivity index (χ1v) is 3.41. The third-order valence-corrected chi connectivity index (χ3v) is 1.27. The Kier molecular flexibility index (Phi) is 4.50. The monoisotopic (exact) mass is 149 g/mol. The Morgan fingerprint density at radius 2 is 2.11 bits per heavy atom. The highest BCUT2D eigenvalue weighted by Crippen LogP contribution is 2.31. The van der Waals surface area contributed by atoms with E-state index in [1.54, 1.807) is 0 Å². The Morgan fingerprint density at radius 3 is 2.11 bits per heavy atom. The van der Waals surface area contributed by atoms with Crippen LogP contribution < -0.4 is 5.11 Å². The molecule has 0 heterocycles. The van der Waals surface area contributed by atoms with E-state index in [0.29, 0.717) is 0 Å². The lowest BCUT2D eigenvalue weighted by Gasteiger charge is -1.73.